The van der Waals surface area contributed by atoms with Gasteiger partial charge in [0, 0.05) is 5.56 Å². The first-order valence-corrected chi connectivity index (χ1v) is 8.61. The fourth-order valence-electron chi connectivity index (χ4n) is 2.48. The molecule has 27 heavy (non-hydrogen) atoms. The molecule has 0 saturated heterocycles. The maximum Gasteiger partial charge on any atom is 0.255 e. The van der Waals surface area contributed by atoms with Gasteiger partial charge in [0.05, 0.1) is 12.8 Å². The highest BCUT2D eigenvalue weighted by molar-refractivity contribution is 6.05. The van der Waals surface area contributed by atoms with Crippen LogP contribution in [0.1, 0.15) is 10.4 Å². The molecular weight excluding hydrogens is 342 g/mol. The number of hydrogen-bond donors (Lipinski definition) is 1. The summed E-state index contributed by atoms with van der Waals surface area (Å²) in [5.41, 5.74) is 1.16. The highest BCUT2D eigenvalue weighted by atomic mass is 16.5. The van der Waals surface area contributed by atoms with E-state index in [0.717, 1.165) is 5.75 Å². The Bertz CT molecular complexity index is 863. The lowest BCUT2D eigenvalue weighted by Gasteiger charge is -2.11. The van der Waals surface area contributed by atoms with Gasteiger partial charge in [0.25, 0.3) is 5.91 Å². The van der Waals surface area contributed by atoms with E-state index in [2.05, 4.69) is 5.32 Å². The molecule has 0 bridgehead atoms. The topological polar surface area (TPSA) is 56.8 Å². The summed E-state index contributed by atoms with van der Waals surface area (Å²) in [5.74, 6) is 1.90. The molecular formula is C22H21NO4. The van der Waals surface area contributed by atoms with Crippen LogP contribution in [0.15, 0.2) is 78.9 Å². The van der Waals surface area contributed by atoms with Crippen LogP contribution in [-0.2, 0) is 0 Å². The molecule has 1 N–H and O–H groups in total. The van der Waals surface area contributed by atoms with Crippen LogP contribution < -0.4 is 19.5 Å². The van der Waals surface area contributed by atoms with E-state index >= 15 is 0 Å². The first-order chi connectivity index (χ1) is 13.3. The van der Waals surface area contributed by atoms with Gasteiger partial charge >= 0.3 is 0 Å². The van der Waals surface area contributed by atoms with Crippen LogP contribution in [0.3, 0.4) is 0 Å². The Morgan fingerprint density at radius 2 is 1.37 bits per heavy atom. The average Bonchev–Trinajstić information content (AvgIpc) is 2.73. The van der Waals surface area contributed by atoms with E-state index < -0.39 is 0 Å². The van der Waals surface area contributed by atoms with Gasteiger partial charge in [0.2, 0.25) is 0 Å². The first-order valence-electron chi connectivity index (χ1n) is 8.61. The van der Waals surface area contributed by atoms with Crippen molar-refractivity contribution in [3.63, 3.8) is 0 Å². The number of nitrogens with one attached hydrogen (secondary N) is 1. The Morgan fingerprint density at radius 1 is 0.778 bits per heavy atom. The van der Waals surface area contributed by atoms with E-state index in [-0.39, 0.29) is 5.91 Å². The van der Waals surface area contributed by atoms with Gasteiger partial charge in [-0.25, -0.2) is 0 Å². The van der Waals surface area contributed by atoms with E-state index in [4.69, 9.17) is 14.2 Å². The number of rotatable bonds is 8. The molecule has 0 fully saturated rings. The molecule has 5 nitrogen and oxygen atoms in total. The summed E-state index contributed by atoms with van der Waals surface area (Å²) in [6.45, 7) is 0.863. The minimum absolute atomic E-state index is 0.210. The molecule has 0 spiro atoms. The molecule has 0 aliphatic heterocycles. The van der Waals surface area contributed by atoms with Crippen LogP contribution in [0.25, 0.3) is 0 Å². The van der Waals surface area contributed by atoms with Crippen LogP contribution in [-0.4, -0.2) is 26.2 Å². The molecule has 0 heterocycles. The number of ether oxygens (including phenoxy) is 3. The Morgan fingerprint density at radius 3 is 2.04 bits per heavy atom. The Balaban J connectivity index is 1.50. The maximum atomic E-state index is 12.4. The van der Waals surface area contributed by atoms with Crippen molar-refractivity contribution in [3.8, 4) is 17.2 Å². The van der Waals surface area contributed by atoms with Crippen molar-refractivity contribution in [2.24, 2.45) is 0 Å². The molecule has 0 aliphatic rings. The summed E-state index contributed by atoms with van der Waals surface area (Å²) in [7, 11) is 1.57. The van der Waals surface area contributed by atoms with Crippen LogP contribution in [0.5, 0.6) is 17.2 Å². The van der Waals surface area contributed by atoms with E-state index in [1.165, 1.54) is 0 Å². The van der Waals surface area contributed by atoms with Gasteiger partial charge in [0.1, 0.15) is 30.5 Å². The van der Waals surface area contributed by atoms with Crippen molar-refractivity contribution in [2.75, 3.05) is 25.6 Å². The predicted octanol–water partition coefficient (Wildman–Crippen LogP) is 4.41. The van der Waals surface area contributed by atoms with E-state index in [0.29, 0.717) is 36.0 Å². The van der Waals surface area contributed by atoms with Gasteiger partial charge in [-0.2, -0.15) is 0 Å². The van der Waals surface area contributed by atoms with Gasteiger partial charge in [-0.1, -0.05) is 30.3 Å². The number of methoxy groups -OCH3 is 1. The second-order valence-electron chi connectivity index (χ2n) is 5.69. The molecule has 1 amide bonds. The molecule has 0 aliphatic carbocycles. The van der Waals surface area contributed by atoms with Crippen LogP contribution >= 0.6 is 0 Å². The Labute approximate surface area is 158 Å². The van der Waals surface area contributed by atoms with Gasteiger partial charge in [-0.05, 0) is 48.5 Å². The summed E-state index contributed by atoms with van der Waals surface area (Å²) in [4.78, 5) is 12.4. The maximum absolute atomic E-state index is 12.4. The molecule has 5 heteroatoms. The fourth-order valence-corrected chi connectivity index (χ4v) is 2.48. The number of carbonyl (C=O) groups excluding carboxylic acids is 1. The van der Waals surface area contributed by atoms with E-state index in [1.807, 2.05) is 42.5 Å². The minimum Gasteiger partial charge on any atom is -0.495 e. The quantitative estimate of drug-likeness (QED) is 0.603. The molecule has 0 radical (unpaired) electrons. The molecule has 3 aromatic carbocycles. The average molecular weight is 363 g/mol. The van der Waals surface area contributed by atoms with Crippen molar-refractivity contribution < 1.29 is 19.0 Å². The lowest BCUT2D eigenvalue weighted by atomic mass is 10.2. The fraction of sp³-hybridized carbons (Fsp3) is 0.136. The van der Waals surface area contributed by atoms with Crippen molar-refractivity contribution >= 4 is 11.6 Å². The zero-order chi connectivity index (χ0) is 18.9. The number of amides is 1. The summed E-state index contributed by atoms with van der Waals surface area (Å²) in [6.07, 6.45) is 0. The normalized spacial score (nSPS) is 10.1. The largest absolute Gasteiger partial charge is 0.495 e. The molecule has 0 aromatic heterocycles. The van der Waals surface area contributed by atoms with Crippen molar-refractivity contribution in [3.05, 3.63) is 84.4 Å². The summed E-state index contributed by atoms with van der Waals surface area (Å²) in [6, 6.07) is 23.8. The monoisotopic (exact) mass is 363 g/mol. The highest BCUT2D eigenvalue weighted by Crippen LogP contribution is 2.24. The summed E-state index contributed by atoms with van der Waals surface area (Å²) < 4.78 is 16.5. The number of anilines is 1. The number of para-hydroxylation sites is 3. The second-order valence-corrected chi connectivity index (χ2v) is 5.69. The SMILES string of the molecule is COc1ccccc1NC(=O)c1ccc(OCCOc2ccccc2)cc1. The molecule has 138 valence electrons. The standard InChI is InChI=1S/C22H21NO4/c1-25-21-10-6-5-9-20(21)23-22(24)17-11-13-19(14-12-17)27-16-15-26-18-7-3-2-4-8-18/h2-14H,15-16H2,1H3,(H,23,24). The van der Waals surface area contributed by atoms with Crippen molar-refractivity contribution in [1.29, 1.82) is 0 Å². The van der Waals surface area contributed by atoms with Gasteiger partial charge in [-0.15, -0.1) is 0 Å². The van der Waals surface area contributed by atoms with Gasteiger partial charge in [-0.3, -0.25) is 4.79 Å². The van der Waals surface area contributed by atoms with Gasteiger partial charge < -0.3 is 19.5 Å². The number of carbonyl (C=O) groups is 1. The first kappa shape index (κ1) is 18.3. The van der Waals surface area contributed by atoms with Crippen molar-refractivity contribution in [2.45, 2.75) is 0 Å². The van der Waals surface area contributed by atoms with Crippen LogP contribution in [0.2, 0.25) is 0 Å². The number of benzene rings is 3. The minimum atomic E-state index is -0.210. The second kappa shape index (κ2) is 9.29. The van der Waals surface area contributed by atoms with Gasteiger partial charge in [0.15, 0.2) is 0 Å². The number of hydrogen-bond acceptors (Lipinski definition) is 4. The zero-order valence-corrected chi connectivity index (χ0v) is 15.1. The lowest BCUT2D eigenvalue weighted by molar-refractivity contribution is 0.102. The third-order valence-electron chi connectivity index (χ3n) is 3.84. The summed E-state index contributed by atoms with van der Waals surface area (Å²) in [5, 5.41) is 2.84. The molecule has 0 atom stereocenters. The highest BCUT2D eigenvalue weighted by Gasteiger charge is 2.09. The smallest absolute Gasteiger partial charge is 0.255 e. The Hall–Kier alpha value is -3.47. The summed E-state index contributed by atoms with van der Waals surface area (Å²) >= 11 is 0. The molecule has 0 saturated carbocycles. The van der Waals surface area contributed by atoms with Crippen LogP contribution in [0, 0.1) is 0 Å². The Kier molecular flexibility index (Phi) is 6.30. The third-order valence-corrected chi connectivity index (χ3v) is 3.84. The lowest BCUT2D eigenvalue weighted by Crippen LogP contribution is -2.13. The van der Waals surface area contributed by atoms with Crippen LogP contribution in [0.4, 0.5) is 5.69 Å². The third kappa shape index (κ3) is 5.25. The van der Waals surface area contributed by atoms with Crippen molar-refractivity contribution in [1.82, 2.24) is 0 Å². The van der Waals surface area contributed by atoms with E-state index in [9.17, 15) is 4.79 Å². The molecule has 3 aromatic rings. The molecule has 0 unspecified atom stereocenters. The van der Waals surface area contributed by atoms with E-state index in [1.54, 1.807) is 43.5 Å². The molecule has 3 rings (SSSR count). The predicted molar refractivity (Wildman–Crippen MR) is 105 cm³/mol. The zero-order valence-electron chi connectivity index (χ0n) is 15.1.